The minimum Gasteiger partial charge on any atom is -0.342 e. The molecule has 1 atom stereocenters. The second kappa shape index (κ2) is 5.14. The number of halogens is 1. The highest BCUT2D eigenvalue weighted by Gasteiger charge is 2.41. The monoisotopic (exact) mass is 278 g/mol. The van der Waals surface area contributed by atoms with Crippen molar-refractivity contribution in [2.75, 3.05) is 26.2 Å². The SMILES string of the molecule is O=C(Cc1ccc(Cl)cc1)N1CCC2(CCNC2)C1. The van der Waals surface area contributed by atoms with Gasteiger partial charge in [0.15, 0.2) is 0 Å². The Morgan fingerprint density at radius 2 is 2.11 bits per heavy atom. The average Bonchev–Trinajstić information content (AvgIpc) is 3.03. The van der Waals surface area contributed by atoms with Gasteiger partial charge in [0.05, 0.1) is 6.42 Å². The van der Waals surface area contributed by atoms with Crippen molar-refractivity contribution in [1.82, 2.24) is 10.2 Å². The van der Waals surface area contributed by atoms with Crippen LogP contribution in [0.3, 0.4) is 0 Å². The van der Waals surface area contributed by atoms with Crippen molar-refractivity contribution in [2.24, 2.45) is 5.41 Å². The number of nitrogens with zero attached hydrogens (tertiary/aromatic N) is 1. The zero-order chi connectivity index (χ0) is 13.3. The van der Waals surface area contributed by atoms with Crippen molar-refractivity contribution in [3.05, 3.63) is 34.9 Å². The number of hydrogen-bond donors (Lipinski definition) is 1. The van der Waals surface area contributed by atoms with Crippen LogP contribution in [0.1, 0.15) is 18.4 Å². The fourth-order valence-corrected chi connectivity index (χ4v) is 3.31. The fourth-order valence-electron chi connectivity index (χ4n) is 3.18. The molecule has 3 nitrogen and oxygen atoms in total. The summed E-state index contributed by atoms with van der Waals surface area (Å²) in [5.41, 5.74) is 1.40. The molecule has 1 aromatic carbocycles. The number of amides is 1. The zero-order valence-electron chi connectivity index (χ0n) is 11.0. The largest absolute Gasteiger partial charge is 0.342 e. The molecule has 4 heteroatoms. The summed E-state index contributed by atoms with van der Waals surface area (Å²) in [5.74, 6) is 0.242. The standard InChI is InChI=1S/C15H19ClN2O/c16-13-3-1-12(2-4-13)9-14(19)18-8-6-15(11-18)5-7-17-10-15/h1-4,17H,5-11H2. The molecular weight excluding hydrogens is 260 g/mol. The average molecular weight is 279 g/mol. The highest BCUT2D eigenvalue weighted by atomic mass is 35.5. The van der Waals surface area contributed by atoms with E-state index in [4.69, 9.17) is 11.6 Å². The van der Waals surface area contributed by atoms with Crippen molar-refractivity contribution in [3.8, 4) is 0 Å². The Labute approximate surface area is 118 Å². The van der Waals surface area contributed by atoms with E-state index in [2.05, 4.69) is 5.32 Å². The maximum atomic E-state index is 12.3. The zero-order valence-corrected chi connectivity index (χ0v) is 11.7. The van der Waals surface area contributed by atoms with Crippen LogP contribution in [0.2, 0.25) is 5.02 Å². The summed E-state index contributed by atoms with van der Waals surface area (Å²) in [5, 5.41) is 4.13. The Bertz CT molecular complexity index is 466. The Kier molecular flexibility index (Phi) is 3.50. The molecule has 19 heavy (non-hydrogen) atoms. The molecular formula is C15H19ClN2O. The molecule has 2 saturated heterocycles. The second-order valence-corrected chi connectivity index (χ2v) is 6.23. The van der Waals surface area contributed by atoms with Gasteiger partial charge in [0.25, 0.3) is 0 Å². The van der Waals surface area contributed by atoms with E-state index in [1.165, 1.54) is 6.42 Å². The molecule has 2 aliphatic heterocycles. The van der Waals surface area contributed by atoms with Crippen LogP contribution in [-0.2, 0) is 11.2 Å². The second-order valence-electron chi connectivity index (χ2n) is 5.80. The van der Waals surface area contributed by atoms with Crippen LogP contribution in [0.5, 0.6) is 0 Å². The Morgan fingerprint density at radius 3 is 2.79 bits per heavy atom. The predicted octanol–water partition coefficient (Wildman–Crippen LogP) is 2.09. The van der Waals surface area contributed by atoms with Crippen molar-refractivity contribution in [2.45, 2.75) is 19.3 Å². The van der Waals surface area contributed by atoms with E-state index in [-0.39, 0.29) is 5.91 Å². The number of carbonyl (C=O) groups excluding carboxylic acids is 1. The predicted molar refractivity (Wildman–Crippen MR) is 76.3 cm³/mol. The first kappa shape index (κ1) is 12.9. The summed E-state index contributed by atoms with van der Waals surface area (Å²) < 4.78 is 0. The molecule has 0 radical (unpaired) electrons. The van der Waals surface area contributed by atoms with Crippen molar-refractivity contribution >= 4 is 17.5 Å². The van der Waals surface area contributed by atoms with Gasteiger partial charge >= 0.3 is 0 Å². The first-order valence-electron chi connectivity index (χ1n) is 6.90. The number of rotatable bonds is 2. The van der Waals surface area contributed by atoms with Crippen LogP contribution in [0, 0.1) is 5.41 Å². The van der Waals surface area contributed by atoms with Gasteiger partial charge in [0.2, 0.25) is 5.91 Å². The van der Waals surface area contributed by atoms with Crippen LogP contribution in [0.4, 0.5) is 0 Å². The molecule has 0 bridgehead atoms. The van der Waals surface area contributed by atoms with Gasteiger partial charge in [-0.15, -0.1) is 0 Å². The lowest BCUT2D eigenvalue weighted by Gasteiger charge is -2.22. The van der Waals surface area contributed by atoms with Gasteiger partial charge in [-0.05, 0) is 37.1 Å². The highest BCUT2D eigenvalue weighted by Crippen LogP contribution is 2.36. The van der Waals surface area contributed by atoms with Crippen molar-refractivity contribution in [3.63, 3.8) is 0 Å². The van der Waals surface area contributed by atoms with Gasteiger partial charge in [0, 0.05) is 30.1 Å². The highest BCUT2D eigenvalue weighted by molar-refractivity contribution is 6.30. The third-order valence-corrected chi connectivity index (χ3v) is 4.64. The Balaban J connectivity index is 1.61. The van der Waals surface area contributed by atoms with E-state index >= 15 is 0 Å². The van der Waals surface area contributed by atoms with Crippen molar-refractivity contribution in [1.29, 1.82) is 0 Å². The summed E-state index contributed by atoms with van der Waals surface area (Å²) in [7, 11) is 0. The molecule has 1 amide bonds. The van der Waals surface area contributed by atoms with Gasteiger partial charge in [-0.3, -0.25) is 4.79 Å². The lowest BCUT2D eigenvalue weighted by Crippen LogP contribution is -2.34. The number of likely N-dealkylation sites (tertiary alicyclic amines) is 1. The summed E-state index contributed by atoms with van der Waals surface area (Å²) in [6.45, 7) is 4.00. The fraction of sp³-hybridized carbons (Fsp3) is 0.533. The lowest BCUT2D eigenvalue weighted by molar-refractivity contribution is -0.129. The number of benzene rings is 1. The summed E-state index contributed by atoms with van der Waals surface area (Å²) >= 11 is 5.85. The normalized spacial score (nSPS) is 26.3. The number of nitrogens with one attached hydrogen (secondary N) is 1. The molecule has 1 aromatic rings. The first-order valence-corrected chi connectivity index (χ1v) is 7.28. The minimum atomic E-state index is 0.242. The maximum absolute atomic E-state index is 12.3. The smallest absolute Gasteiger partial charge is 0.227 e. The van der Waals surface area contributed by atoms with Gasteiger partial charge in [0.1, 0.15) is 0 Å². The molecule has 1 unspecified atom stereocenters. The summed E-state index contributed by atoms with van der Waals surface area (Å²) in [6, 6.07) is 7.56. The summed E-state index contributed by atoms with van der Waals surface area (Å²) in [6.07, 6.45) is 2.84. The van der Waals surface area contributed by atoms with Crippen LogP contribution in [0.15, 0.2) is 24.3 Å². The van der Waals surface area contributed by atoms with E-state index in [0.717, 1.165) is 38.2 Å². The molecule has 1 spiro atoms. The molecule has 2 aliphatic rings. The molecule has 0 aliphatic carbocycles. The van der Waals surface area contributed by atoms with E-state index in [9.17, 15) is 4.79 Å². The topological polar surface area (TPSA) is 32.3 Å². The molecule has 0 aromatic heterocycles. The van der Waals surface area contributed by atoms with Gasteiger partial charge in [-0.2, -0.15) is 0 Å². The molecule has 102 valence electrons. The third kappa shape index (κ3) is 2.77. The minimum absolute atomic E-state index is 0.242. The van der Waals surface area contributed by atoms with Gasteiger partial charge in [-0.25, -0.2) is 0 Å². The van der Waals surface area contributed by atoms with Crippen LogP contribution >= 0.6 is 11.6 Å². The molecule has 2 heterocycles. The van der Waals surface area contributed by atoms with Gasteiger partial charge < -0.3 is 10.2 Å². The van der Waals surface area contributed by atoms with Crippen molar-refractivity contribution < 1.29 is 4.79 Å². The van der Waals surface area contributed by atoms with Crippen LogP contribution in [-0.4, -0.2) is 37.0 Å². The van der Waals surface area contributed by atoms with Gasteiger partial charge in [-0.1, -0.05) is 23.7 Å². The van der Waals surface area contributed by atoms with Crippen LogP contribution in [0.25, 0.3) is 0 Å². The van der Waals surface area contributed by atoms with Crippen LogP contribution < -0.4 is 5.32 Å². The van der Waals surface area contributed by atoms with E-state index in [0.29, 0.717) is 16.9 Å². The van der Waals surface area contributed by atoms with E-state index in [1.54, 1.807) is 0 Å². The quantitative estimate of drug-likeness (QED) is 0.899. The molecule has 2 fully saturated rings. The van der Waals surface area contributed by atoms with E-state index < -0.39 is 0 Å². The number of hydrogen-bond acceptors (Lipinski definition) is 2. The summed E-state index contributed by atoms with van der Waals surface area (Å²) in [4.78, 5) is 14.3. The first-order chi connectivity index (χ1) is 9.17. The molecule has 0 saturated carbocycles. The maximum Gasteiger partial charge on any atom is 0.227 e. The number of carbonyl (C=O) groups is 1. The third-order valence-electron chi connectivity index (χ3n) is 4.39. The molecule has 3 rings (SSSR count). The lowest BCUT2D eigenvalue weighted by atomic mass is 9.86. The van der Waals surface area contributed by atoms with E-state index in [1.807, 2.05) is 29.2 Å². The Hall–Kier alpha value is -1.06. The Morgan fingerprint density at radius 1 is 1.32 bits per heavy atom. The molecule has 1 N–H and O–H groups in total.